The van der Waals surface area contributed by atoms with Gasteiger partial charge in [0.15, 0.2) is 5.82 Å². The van der Waals surface area contributed by atoms with Crippen LogP contribution < -0.4 is 5.32 Å². The maximum atomic E-state index is 13.3. The quantitative estimate of drug-likeness (QED) is 0.811. The van der Waals surface area contributed by atoms with Gasteiger partial charge in [0, 0.05) is 18.2 Å². The van der Waals surface area contributed by atoms with Crippen LogP contribution in [0.25, 0.3) is 11.4 Å². The lowest BCUT2D eigenvalue weighted by Gasteiger charge is -2.10. The van der Waals surface area contributed by atoms with Crippen LogP contribution in [0.3, 0.4) is 0 Å². The Hall–Kier alpha value is -1.44. The molecule has 0 aliphatic heterocycles. The molecule has 0 fully saturated rings. The van der Waals surface area contributed by atoms with Gasteiger partial charge in [0.1, 0.15) is 17.4 Å². The number of hydrogen-bond acceptors (Lipinski definition) is 4. The number of benzene rings is 1. The third kappa shape index (κ3) is 3.12. The van der Waals surface area contributed by atoms with E-state index in [1.807, 2.05) is 13.8 Å². The zero-order chi connectivity index (χ0) is 14.0. The summed E-state index contributed by atoms with van der Waals surface area (Å²) in [6.07, 6.45) is 0. The average molecular weight is 373 g/mol. The van der Waals surface area contributed by atoms with Crippen molar-refractivity contribution in [2.45, 2.75) is 13.8 Å². The number of aryl methyl sites for hydroxylation is 1. The SMILES string of the molecule is CCNc1nc(-c2cc(O)cc(F)c2)nc(C)c1I. The summed E-state index contributed by atoms with van der Waals surface area (Å²) in [7, 11) is 0. The third-order valence-electron chi connectivity index (χ3n) is 2.50. The lowest BCUT2D eigenvalue weighted by atomic mass is 10.2. The molecule has 0 aliphatic rings. The molecule has 1 aromatic carbocycles. The second-order valence-corrected chi connectivity index (χ2v) is 5.10. The highest BCUT2D eigenvalue weighted by Crippen LogP contribution is 2.26. The van der Waals surface area contributed by atoms with Crippen LogP contribution in [0, 0.1) is 16.3 Å². The number of anilines is 1. The number of nitrogens with one attached hydrogen (secondary N) is 1. The lowest BCUT2D eigenvalue weighted by Crippen LogP contribution is -2.06. The first-order valence-corrected chi connectivity index (χ1v) is 6.87. The smallest absolute Gasteiger partial charge is 0.162 e. The molecular formula is C13H13FIN3O. The van der Waals surface area contributed by atoms with E-state index in [1.165, 1.54) is 12.1 Å². The number of aromatic nitrogens is 2. The van der Waals surface area contributed by atoms with Crippen molar-refractivity contribution in [3.63, 3.8) is 0 Å². The van der Waals surface area contributed by atoms with Gasteiger partial charge in [-0.1, -0.05) is 0 Å². The Morgan fingerprint density at radius 3 is 2.68 bits per heavy atom. The molecule has 0 spiro atoms. The van der Waals surface area contributed by atoms with Crippen molar-refractivity contribution in [2.75, 3.05) is 11.9 Å². The second-order valence-electron chi connectivity index (χ2n) is 4.02. The van der Waals surface area contributed by atoms with Gasteiger partial charge in [0.05, 0.1) is 9.26 Å². The molecule has 0 saturated heterocycles. The molecule has 1 aromatic heterocycles. The molecule has 2 aromatic rings. The van der Waals surface area contributed by atoms with Crippen molar-refractivity contribution >= 4 is 28.4 Å². The molecule has 2 rings (SSSR count). The van der Waals surface area contributed by atoms with Crippen LogP contribution in [0.15, 0.2) is 18.2 Å². The zero-order valence-corrected chi connectivity index (χ0v) is 12.7. The highest BCUT2D eigenvalue weighted by molar-refractivity contribution is 14.1. The number of rotatable bonds is 3. The second kappa shape index (κ2) is 5.68. The number of aromatic hydroxyl groups is 1. The minimum atomic E-state index is -0.514. The summed E-state index contributed by atoms with van der Waals surface area (Å²) in [4.78, 5) is 8.70. The van der Waals surface area contributed by atoms with Crippen molar-refractivity contribution in [3.05, 3.63) is 33.3 Å². The molecule has 0 amide bonds. The summed E-state index contributed by atoms with van der Waals surface area (Å²) in [5.41, 5.74) is 1.27. The largest absolute Gasteiger partial charge is 0.508 e. The highest BCUT2D eigenvalue weighted by Gasteiger charge is 2.11. The fourth-order valence-electron chi connectivity index (χ4n) is 1.68. The maximum Gasteiger partial charge on any atom is 0.162 e. The highest BCUT2D eigenvalue weighted by atomic mass is 127. The Balaban J connectivity index is 2.55. The van der Waals surface area contributed by atoms with Gasteiger partial charge in [-0.05, 0) is 48.6 Å². The molecule has 1 heterocycles. The van der Waals surface area contributed by atoms with E-state index < -0.39 is 5.82 Å². The molecule has 2 N–H and O–H groups in total. The average Bonchev–Trinajstić information content (AvgIpc) is 2.33. The van der Waals surface area contributed by atoms with Gasteiger partial charge in [-0.2, -0.15) is 0 Å². The Bertz CT molecular complexity index is 599. The van der Waals surface area contributed by atoms with E-state index in [0.717, 1.165) is 21.9 Å². The van der Waals surface area contributed by atoms with E-state index in [9.17, 15) is 9.50 Å². The number of nitrogens with zero attached hydrogens (tertiary/aromatic N) is 2. The molecule has 0 atom stereocenters. The standard InChI is InChI=1S/C13H13FIN3O/c1-3-16-13-11(15)7(2)17-12(18-13)8-4-9(14)6-10(19)5-8/h4-6,19H,3H2,1-2H3,(H,16,17,18). The van der Waals surface area contributed by atoms with Gasteiger partial charge in [0.2, 0.25) is 0 Å². The van der Waals surface area contributed by atoms with E-state index in [2.05, 4.69) is 37.9 Å². The fraction of sp³-hybridized carbons (Fsp3) is 0.231. The zero-order valence-electron chi connectivity index (χ0n) is 10.5. The topological polar surface area (TPSA) is 58.0 Å². The molecule has 0 radical (unpaired) electrons. The predicted molar refractivity (Wildman–Crippen MR) is 80.7 cm³/mol. The van der Waals surface area contributed by atoms with Crippen LogP contribution in [0.2, 0.25) is 0 Å². The number of phenolic OH excluding ortho intramolecular Hbond substituents is 1. The van der Waals surface area contributed by atoms with E-state index >= 15 is 0 Å². The normalized spacial score (nSPS) is 10.5. The maximum absolute atomic E-state index is 13.3. The van der Waals surface area contributed by atoms with E-state index in [0.29, 0.717) is 17.2 Å². The van der Waals surface area contributed by atoms with Crippen LogP contribution in [0.1, 0.15) is 12.6 Å². The summed E-state index contributed by atoms with van der Waals surface area (Å²) >= 11 is 2.17. The molecule has 100 valence electrons. The number of phenols is 1. The van der Waals surface area contributed by atoms with Gasteiger partial charge in [-0.25, -0.2) is 14.4 Å². The number of halogens is 2. The lowest BCUT2D eigenvalue weighted by molar-refractivity contribution is 0.469. The van der Waals surface area contributed by atoms with Gasteiger partial charge < -0.3 is 10.4 Å². The first kappa shape index (κ1) is 14.0. The summed E-state index contributed by atoms with van der Waals surface area (Å²) < 4.78 is 14.2. The molecule has 6 heteroatoms. The molecule has 19 heavy (non-hydrogen) atoms. The summed E-state index contributed by atoms with van der Waals surface area (Å²) in [5.74, 6) is 0.456. The molecule has 0 saturated carbocycles. The van der Waals surface area contributed by atoms with Crippen molar-refractivity contribution in [1.29, 1.82) is 0 Å². The molecule has 0 unspecified atom stereocenters. The Morgan fingerprint density at radius 2 is 2.05 bits per heavy atom. The van der Waals surface area contributed by atoms with Crippen LogP contribution >= 0.6 is 22.6 Å². The summed E-state index contributed by atoms with van der Waals surface area (Å²) in [5, 5.41) is 12.6. The first-order chi connectivity index (χ1) is 9.01. The van der Waals surface area contributed by atoms with Gasteiger partial charge in [-0.3, -0.25) is 0 Å². The van der Waals surface area contributed by atoms with Crippen LogP contribution in [0.5, 0.6) is 5.75 Å². The summed E-state index contributed by atoms with van der Waals surface area (Å²) in [6.45, 7) is 4.58. The van der Waals surface area contributed by atoms with Crippen molar-refractivity contribution in [1.82, 2.24) is 9.97 Å². The summed E-state index contributed by atoms with van der Waals surface area (Å²) in [6, 6.07) is 3.80. The van der Waals surface area contributed by atoms with Gasteiger partial charge in [-0.15, -0.1) is 0 Å². The van der Waals surface area contributed by atoms with E-state index in [4.69, 9.17) is 0 Å². The Kier molecular flexibility index (Phi) is 4.18. The molecule has 0 bridgehead atoms. The Labute approximate surface area is 124 Å². The van der Waals surface area contributed by atoms with E-state index in [1.54, 1.807) is 0 Å². The van der Waals surface area contributed by atoms with Crippen molar-refractivity contribution in [2.24, 2.45) is 0 Å². The number of hydrogen-bond donors (Lipinski definition) is 2. The minimum absolute atomic E-state index is 0.139. The first-order valence-electron chi connectivity index (χ1n) is 5.79. The van der Waals surface area contributed by atoms with Crippen LogP contribution in [-0.4, -0.2) is 21.6 Å². The van der Waals surface area contributed by atoms with Gasteiger partial charge in [0.25, 0.3) is 0 Å². The Morgan fingerprint density at radius 1 is 1.32 bits per heavy atom. The van der Waals surface area contributed by atoms with Crippen molar-refractivity contribution < 1.29 is 9.50 Å². The van der Waals surface area contributed by atoms with Gasteiger partial charge >= 0.3 is 0 Å². The van der Waals surface area contributed by atoms with Crippen LogP contribution in [-0.2, 0) is 0 Å². The minimum Gasteiger partial charge on any atom is -0.508 e. The van der Waals surface area contributed by atoms with E-state index in [-0.39, 0.29) is 5.75 Å². The molecular weight excluding hydrogens is 360 g/mol. The predicted octanol–water partition coefficient (Wildman–Crippen LogP) is 3.33. The molecule has 4 nitrogen and oxygen atoms in total. The molecule has 0 aliphatic carbocycles. The monoisotopic (exact) mass is 373 g/mol. The van der Waals surface area contributed by atoms with Crippen LogP contribution in [0.4, 0.5) is 10.2 Å². The van der Waals surface area contributed by atoms with Crippen molar-refractivity contribution in [3.8, 4) is 17.1 Å². The fourth-order valence-corrected chi connectivity index (χ4v) is 2.11. The third-order valence-corrected chi connectivity index (χ3v) is 3.79.